The van der Waals surface area contributed by atoms with E-state index >= 15 is 0 Å². The molecule has 1 fully saturated rings. The number of amides is 1. The molecule has 6 heteroatoms. The maximum absolute atomic E-state index is 12.6. The smallest absolute Gasteiger partial charge is 0.257 e. The minimum Gasteiger partial charge on any atom is -0.339 e. The van der Waals surface area contributed by atoms with Crippen molar-refractivity contribution in [3.05, 3.63) is 21.9 Å². The number of aromatic nitrogens is 2. The van der Waals surface area contributed by atoms with E-state index in [1.54, 1.807) is 0 Å². The summed E-state index contributed by atoms with van der Waals surface area (Å²) >= 11 is 11.8. The summed E-state index contributed by atoms with van der Waals surface area (Å²) < 4.78 is 0. The van der Waals surface area contributed by atoms with Crippen LogP contribution in [0.25, 0.3) is 0 Å². The van der Waals surface area contributed by atoms with Crippen molar-refractivity contribution in [1.82, 2.24) is 15.1 Å². The Hall–Kier alpha value is -0.870. The first-order valence-electron chi connectivity index (χ1n) is 7.27. The molecule has 2 rings (SSSR count). The van der Waals surface area contributed by atoms with Gasteiger partial charge in [-0.05, 0) is 36.7 Å². The van der Waals surface area contributed by atoms with Crippen molar-refractivity contribution in [1.29, 1.82) is 0 Å². The van der Waals surface area contributed by atoms with Crippen LogP contribution in [0.3, 0.4) is 0 Å². The molecule has 2 heterocycles. The molecule has 0 spiro atoms. The lowest BCUT2D eigenvalue weighted by Gasteiger charge is -2.29. The third-order valence-electron chi connectivity index (χ3n) is 4.19. The average Bonchev–Trinajstić information content (AvgIpc) is 2.66. The number of likely N-dealkylation sites (tertiary alicyclic amines) is 1. The zero-order chi connectivity index (χ0) is 15.6. The highest BCUT2D eigenvalue weighted by molar-refractivity contribution is 6.34. The number of nitrogens with zero attached hydrogens (tertiary/aromatic N) is 3. The van der Waals surface area contributed by atoms with E-state index in [-0.39, 0.29) is 21.6 Å². The Morgan fingerprint density at radius 1 is 1.24 bits per heavy atom. The highest BCUT2D eigenvalue weighted by Crippen LogP contribution is 2.34. The van der Waals surface area contributed by atoms with Gasteiger partial charge in [-0.3, -0.25) is 4.79 Å². The van der Waals surface area contributed by atoms with Crippen LogP contribution in [0.5, 0.6) is 0 Å². The maximum atomic E-state index is 12.6. The molecule has 4 nitrogen and oxygen atoms in total. The van der Waals surface area contributed by atoms with Gasteiger partial charge in [0.15, 0.2) is 10.3 Å². The molecule has 1 aromatic rings. The Morgan fingerprint density at radius 3 is 2.62 bits per heavy atom. The van der Waals surface area contributed by atoms with E-state index in [1.807, 2.05) is 4.90 Å². The van der Waals surface area contributed by atoms with Gasteiger partial charge < -0.3 is 4.90 Å². The monoisotopic (exact) mass is 329 g/mol. The molecular weight excluding hydrogens is 309 g/mol. The predicted octanol–water partition coefficient (Wildman–Crippen LogP) is 4.07. The number of carbonyl (C=O) groups is 1. The van der Waals surface area contributed by atoms with Gasteiger partial charge in [-0.25, -0.2) is 0 Å². The molecule has 1 atom stereocenters. The van der Waals surface area contributed by atoms with E-state index in [9.17, 15) is 4.79 Å². The number of hydrogen-bond donors (Lipinski definition) is 0. The highest BCUT2D eigenvalue weighted by atomic mass is 35.5. The van der Waals surface area contributed by atoms with Gasteiger partial charge in [0, 0.05) is 13.1 Å². The van der Waals surface area contributed by atoms with Gasteiger partial charge in [0.2, 0.25) is 0 Å². The molecule has 0 saturated carbocycles. The molecule has 1 unspecified atom stereocenters. The summed E-state index contributed by atoms with van der Waals surface area (Å²) in [5, 5.41) is 7.65. The second-order valence-corrected chi connectivity index (χ2v) is 7.40. The van der Waals surface area contributed by atoms with Gasteiger partial charge >= 0.3 is 0 Å². The van der Waals surface area contributed by atoms with Crippen molar-refractivity contribution in [3.63, 3.8) is 0 Å². The molecule has 0 radical (unpaired) electrons. The molecule has 0 N–H and O–H groups in total. The van der Waals surface area contributed by atoms with Crippen LogP contribution in [0.2, 0.25) is 10.3 Å². The molecule has 0 aromatic carbocycles. The molecule has 1 aliphatic heterocycles. The SMILES string of the molecule is CC(C)(C)C1CCCN(C(=O)c2cc(Cl)nnc2Cl)CC1. The van der Waals surface area contributed by atoms with E-state index < -0.39 is 0 Å². The summed E-state index contributed by atoms with van der Waals surface area (Å²) in [6, 6.07) is 1.49. The van der Waals surface area contributed by atoms with Crippen molar-refractivity contribution in [2.75, 3.05) is 13.1 Å². The third-order valence-corrected chi connectivity index (χ3v) is 4.65. The minimum absolute atomic E-state index is 0.105. The van der Waals surface area contributed by atoms with Crippen molar-refractivity contribution in [3.8, 4) is 0 Å². The normalized spacial score (nSPS) is 20.2. The number of halogens is 2. The Kier molecular flexibility index (Phi) is 5.10. The summed E-state index contributed by atoms with van der Waals surface area (Å²) in [7, 11) is 0. The summed E-state index contributed by atoms with van der Waals surface area (Å²) in [5.74, 6) is 0.524. The van der Waals surface area contributed by atoms with Gasteiger partial charge in [-0.1, -0.05) is 44.0 Å². The lowest BCUT2D eigenvalue weighted by molar-refractivity contribution is 0.0755. The third kappa shape index (κ3) is 4.07. The average molecular weight is 330 g/mol. The second kappa shape index (κ2) is 6.49. The van der Waals surface area contributed by atoms with E-state index in [1.165, 1.54) is 6.07 Å². The zero-order valence-corrected chi connectivity index (χ0v) is 14.2. The van der Waals surface area contributed by atoms with Crippen LogP contribution in [-0.2, 0) is 0 Å². The van der Waals surface area contributed by atoms with Crippen molar-refractivity contribution >= 4 is 29.1 Å². The topological polar surface area (TPSA) is 46.1 Å². The van der Waals surface area contributed by atoms with Crippen molar-refractivity contribution < 1.29 is 4.79 Å². The molecule has 1 amide bonds. The van der Waals surface area contributed by atoms with Gasteiger partial charge in [0.05, 0.1) is 5.56 Å². The first-order chi connectivity index (χ1) is 9.79. The Bertz CT molecular complexity index is 528. The lowest BCUT2D eigenvalue weighted by atomic mass is 9.77. The van der Waals surface area contributed by atoms with E-state index in [0.29, 0.717) is 11.5 Å². The fourth-order valence-electron chi connectivity index (χ4n) is 2.84. The van der Waals surface area contributed by atoms with Crippen molar-refractivity contribution in [2.24, 2.45) is 11.3 Å². The number of hydrogen-bond acceptors (Lipinski definition) is 3. The second-order valence-electron chi connectivity index (χ2n) is 6.66. The van der Waals surface area contributed by atoms with Gasteiger partial charge in [-0.15, -0.1) is 10.2 Å². The van der Waals surface area contributed by atoms with Crippen LogP contribution < -0.4 is 0 Å². The number of carbonyl (C=O) groups excluding carboxylic acids is 1. The van der Waals surface area contributed by atoms with E-state index in [2.05, 4.69) is 31.0 Å². The molecule has 116 valence electrons. The maximum Gasteiger partial charge on any atom is 0.257 e. The van der Waals surface area contributed by atoms with Crippen LogP contribution in [0.1, 0.15) is 50.4 Å². The number of rotatable bonds is 1. The predicted molar refractivity (Wildman–Crippen MR) is 84.8 cm³/mol. The summed E-state index contributed by atoms with van der Waals surface area (Å²) in [5.41, 5.74) is 0.615. The van der Waals surface area contributed by atoms with Crippen LogP contribution in [0, 0.1) is 11.3 Å². The van der Waals surface area contributed by atoms with Crippen molar-refractivity contribution in [2.45, 2.75) is 40.0 Å². The van der Waals surface area contributed by atoms with Gasteiger partial charge in [-0.2, -0.15) is 0 Å². The summed E-state index contributed by atoms with van der Waals surface area (Å²) in [4.78, 5) is 14.4. The quantitative estimate of drug-likeness (QED) is 0.780. The summed E-state index contributed by atoms with van der Waals surface area (Å²) in [6.07, 6.45) is 3.17. The lowest BCUT2D eigenvalue weighted by Crippen LogP contribution is -2.33. The highest BCUT2D eigenvalue weighted by Gasteiger charge is 2.29. The fourth-order valence-corrected chi connectivity index (χ4v) is 3.16. The fraction of sp³-hybridized carbons (Fsp3) is 0.667. The van der Waals surface area contributed by atoms with Crippen LogP contribution in [0.4, 0.5) is 0 Å². The minimum atomic E-state index is -0.105. The van der Waals surface area contributed by atoms with Crippen LogP contribution in [0.15, 0.2) is 6.07 Å². The van der Waals surface area contributed by atoms with E-state index in [4.69, 9.17) is 23.2 Å². The molecule has 1 aliphatic rings. The summed E-state index contributed by atoms with van der Waals surface area (Å²) in [6.45, 7) is 8.29. The molecular formula is C15H21Cl2N3O. The Balaban J connectivity index is 2.12. The van der Waals surface area contributed by atoms with Crippen LogP contribution in [-0.4, -0.2) is 34.1 Å². The largest absolute Gasteiger partial charge is 0.339 e. The Labute approximate surface area is 135 Å². The molecule has 1 saturated heterocycles. The molecule has 1 aromatic heterocycles. The molecule has 21 heavy (non-hydrogen) atoms. The molecule has 0 bridgehead atoms. The zero-order valence-electron chi connectivity index (χ0n) is 12.7. The first kappa shape index (κ1) is 16.5. The molecule has 0 aliphatic carbocycles. The van der Waals surface area contributed by atoms with Gasteiger partial charge in [0.25, 0.3) is 5.91 Å². The first-order valence-corrected chi connectivity index (χ1v) is 8.02. The Morgan fingerprint density at radius 2 is 1.95 bits per heavy atom. The van der Waals surface area contributed by atoms with Crippen LogP contribution >= 0.6 is 23.2 Å². The van der Waals surface area contributed by atoms with Gasteiger partial charge in [0.1, 0.15) is 0 Å². The van der Waals surface area contributed by atoms with E-state index in [0.717, 1.165) is 32.4 Å². The standard InChI is InChI=1S/C15H21Cl2N3O/c1-15(2,3)10-5-4-7-20(8-6-10)14(21)11-9-12(16)18-19-13(11)17/h9-10H,4-8H2,1-3H3.